The summed E-state index contributed by atoms with van der Waals surface area (Å²) in [6.07, 6.45) is 1.20. The van der Waals surface area contributed by atoms with Gasteiger partial charge in [-0.05, 0) is 42.0 Å². The highest BCUT2D eigenvalue weighted by atomic mass is 32.2. The third kappa shape index (κ3) is 3.74. The van der Waals surface area contributed by atoms with Gasteiger partial charge in [-0.1, -0.05) is 12.1 Å². The molecule has 0 saturated carbocycles. The minimum atomic E-state index is -3.14. The maximum atomic E-state index is 11.4. The van der Waals surface area contributed by atoms with E-state index in [1.165, 1.54) is 6.26 Å². The topological polar surface area (TPSA) is 55.4 Å². The van der Waals surface area contributed by atoms with Crippen LogP contribution < -0.4 is 10.1 Å². The Labute approximate surface area is 119 Å². The molecule has 0 amide bonds. The van der Waals surface area contributed by atoms with Crippen molar-refractivity contribution in [2.45, 2.75) is 11.4 Å². The molecule has 0 aliphatic carbocycles. The van der Waals surface area contributed by atoms with Gasteiger partial charge in [-0.25, -0.2) is 8.42 Å². The van der Waals surface area contributed by atoms with Crippen LogP contribution in [0, 0.1) is 0 Å². The molecule has 0 atom stereocenters. The first-order valence-corrected chi connectivity index (χ1v) is 8.05. The zero-order chi connectivity index (χ0) is 14.6. The van der Waals surface area contributed by atoms with Gasteiger partial charge in [-0.2, -0.15) is 0 Å². The van der Waals surface area contributed by atoms with Crippen molar-refractivity contribution in [3.05, 3.63) is 54.1 Å². The monoisotopic (exact) mass is 291 g/mol. The van der Waals surface area contributed by atoms with E-state index in [0.29, 0.717) is 11.4 Å². The lowest BCUT2D eigenvalue weighted by molar-refractivity contribution is 0.414. The van der Waals surface area contributed by atoms with Gasteiger partial charge in [-0.3, -0.25) is 0 Å². The predicted octanol–water partition coefficient (Wildman–Crippen LogP) is 2.71. The Morgan fingerprint density at radius 3 is 2.40 bits per heavy atom. The molecule has 0 fully saturated rings. The Morgan fingerprint density at radius 2 is 1.80 bits per heavy atom. The normalized spacial score (nSPS) is 11.1. The summed E-state index contributed by atoms with van der Waals surface area (Å²) >= 11 is 0. The molecule has 0 spiro atoms. The molecule has 2 aromatic carbocycles. The molecule has 0 radical (unpaired) electrons. The molecule has 106 valence electrons. The molecule has 20 heavy (non-hydrogen) atoms. The fourth-order valence-corrected chi connectivity index (χ4v) is 2.44. The van der Waals surface area contributed by atoms with Crippen LogP contribution in [0.2, 0.25) is 0 Å². The summed E-state index contributed by atoms with van der Waals surface area (Å²) in [4.78, 5) is 0.324. The molecule has 2 aromatic rings. The van der Waals surface area contributed by atoms with E-state index in [-0.39, 0.29) is 0 Å². The summed E-state index contributed by atoms with van der Waals surface area (Å²) in [5.41, 5.74) is 1.97. The first-order chi connectivity index (χ1) is 9.49. The third-order valence-electron chi connectivity index (χ3n) is 2.91. The van der Waals surface area contributed by atoms with Gasteiger partial charge >= 0.3 is 0 Å². The molecule has 0 aliphatic heterocycles. The molecule has 0 saturated heterocycles. The smallest absolute Gasteiger partial charge is 0.175 e. The van der Waals surface area contributed by atoms with Crippen molar-refractivity contribution in [2.24, 2.45) is 0 Å². The van der Waals surface area contributed by atoms with E-state index in [0.717, 1.165) is 17.0 Å². The summed E-state index contributed by atoms with van der Waals surface area (Å²) in [6, 6.07) is 14.5. The molecule has 2 rings (SSSR count). The predicted molar refractivity (Wildman–Crippen MR) is 79.9 cm³/mol. The molecule has 5 heteroatoms. The number of ether oxygens (including phenoxy) is 1. The van der Waals surface area contributed by atoms with Crippen molar-refractivity contribution in [1.82, 2.24) is 0 Å². The fourth-order valence-electron chi connectivity index (χ4n) is 1.81. The van der Waals surface area contributed by atoms with Gasteiger partial charge in [0.25, 0.3) is 0 Å². The van der Waals surface area contributed by atoms with Crippen molar-refractivity contribution in [2.75, 3.05) is 18.7 Å². The number of hydrogen-bond acceptors (Lipinski definition) is 4. The first kappa shape index (κ1) is 14.4. The second kappa shape index (κ2) is 5.96. The number of benzene rings is 2. The zero-order valence-electron chi connectivity index (χ0n) is 11.5. The molecule has 0 bridgehead atoms. The molecule has 0 aliphatic rings. The zero-order valence-corrected chi connectivity index (χ0v) is 12.3. The van der Waals surface area contributed by atoms with Gasteiger partial charge in [0.05, 0.1) is 12.0 Å². The van der Waals surface area contributed by atoms with Crippen molar-refractivity contribution < 1.29 is 13.2 Å². The van der Waals surface area contributed by atoms with Crippen LogP contribution in [0.5, 0.6) is 5.75 Å². The summed E-state index contributed by atoms with van der Waals surface area (Å²) in [5, 5.41) is 3.24. The Kier molecular flexibility index (Phi) is 4.29. The number of methoxy groups -OCH3 is 1. The summed E-state index contributed by atoms with van der Waals surface area (Å²) in [5.74, 6) is 0.816. The molecule has 0 heterocycles. The molecule has 0 unspecified atom stereocenters. The van der Waals surface area contributed by atoms with Gasteiger partial charge in [-0.15, -0.1) is 0 Å². The quantitative estimate of drug-likeness (QED) is 0.920. The Bertz CT molecular complexity index is 679. The summed E-state index contributed by atoms with van der Waals surface area (Å²) < 4.78 is 27.9. The lowest BCUT2D eigenvalue weighted by atomic mass is 10.2. The number of hydrogen-bond donors (Lipinski definition) is 1. The van der Waals surface area contributed by atoms with Gasteiger partial charge in [0.2, 0.25) is 0 Å². The number of sulfone groups is 1. The van der Waals surface area contributed by atoms with Crippen LogP contribution in [0.3, 0.4) is 0 Å². The van der Waals surface area contributed by atoms with E-state index < -0.39 is 9.84 Å². The number of nitrogens with one attached hydrogen (secondary N) is 1. The maximum absolute atomic E-state index is 11.4. The lowest BCUT2D eigenvalue weighted by Crippen LogP contribution is -2.01. The second-order valence-electron chi connectivity index (χ2n) is 4.50. The van der Waals surface area contributed by atoms with Crippen LogP contribution in [-0.4, -0.2) is 21.8 Å². The van der Waals surface area contributed by atoms with Crippen molar-refractivity contribution in [3.8, 4) is 5.75 Å². The standard InChI is InChI=1S/C15H17NO3S/c1-19-14-5-3-4-12(10-14)11-16-13-6-8-15(9-7-13)20(2,17)18/h3-10,16H,11H2,1-2H3. The molecule has 0 aromatic heterocycles. The van der Waals surface area contributed by atoms with Crippen LogP contribution in [0.1, 0.15) is 5.56 Å². The maximum Gasteiger partial charge on any atom is 0.175 e. The third-order valence-corrected chi connectivity index (χ3v) is 4.04. The average molecular weight is 291 g/mol. The highest BCUT2D eigenvalue weighted by Crippen LogP contribution is 2.16. The fraction of sp³-hybridized carbons (Fsp3) is 0.200. The van der Waals surface area contributed by atoms with E-state index in [1.807, 2.05) is 24.3 Å². The minimum absolute atomic E-state index is 0.324. The minimum Gasteiger partial charge on any atom is -0.497 e. The Hall–Kier alpha value is -2.01. The highest BCUT2D eigenvalue weighted by molar-refractivity contribution is 7.90. The van der Waals surface area contributed by atoms with Gasteiger partial charge in [0, 0.05) is 18.5 Å². The lowest BCUT2D eigenvalue weighted by Gasteiger charge is -2.08. The van der Waals surface area contributed by atoms with Crippen molar-refractivity contribution in [3.63, 3.8) is 0 Å². The van der Waals surface area contributed by atoms with E-state index in [1.54, 1.807) is 31.4 Å². The van der Waals surface area contributed by atoms with Gasteiger partial charge < -0.3 is 10.1 Å². The van der Waals surface area contributed by atoms with Crippen molar-refractivity contribution in [1.29, 1.82) is 0 Å². The van der Waals surface area contributed by atoms with Crippen molar-refractivity contribution >= 4 is 15.5 Å². The van der Waals surface area contributed by atoms with Crippen LogP contribution >= 0.6 is 0 Å². The van der Waals surface area contributed by atoms with E-state index >= 15 is 0 Å². The molecule has 1 N–H and O–H groups in total. The van der Waals surface area contributed by atoms with E-state index in [9.17, 15) is 8.42 Å². The van der Waals surface area contributed by atoms with Crippen LogP contribution in [0.15, 0.2) is 53.4 Å². The Balaban J connectivity index is 2.04. The van der Waals surface area contributed by atoms with Crippen LogP contribution in [0.25, 0.3) is 0 Å². The second-order valence-corrected chi connectivity index (χ2v) is 6.52. The largest absolute Gasteiger partial charge is 0.497 e. The molecular weight excluding hydrogens is 274 g/mol. The number of rotatable bonds is 5. The highest BCUT2D eigenvalue weighted by Gasteiger charge is 2.05. The van der Waals surface area contributed by atoms with Gasteiger partial charge in [0.1, 0.15) is 5.75 Å². The first-order valence-electron chi connectivity index (χ1n) is 6.16. The average Bonchev–Trinajstić information content (AvgIpc) is 2.45. The van der Waals surface area contributed by atoms with E-state index in [4.69, 9.17) is 4.74 Å². The van der Waals surface area contributed by atoms with Gasteiger partial charge in [0.15, 0.2) is 9.84 Å². The summed E-state index contributed by atoms with van der Waals surface area (Å²) in [6.45, 7) is 0.648. The number of anilines is 1. The van der Waals surface area contributed by atoms with E-state index in [2.05, 4.69) is 5.32 Å². The summed E-state index contributed by atoms with van der Waals surface area (Å²) in [7, 11) is -1.50. The molecular formula is C15H17NO3S. The van der Waals surface area contributed by atoms with Crippen LogP contribution in [-0.2, 0) is 16.4 Å². The SMILES string of the molecule is COc1cccc(CNc2ccc(S(C)(=O)=O)cc2)c1. The Morgan fingerprint density at radius 1 is 1.10 bits per heavy atom. The molecule has 4 nitrogen and oxygen atoms in total. The van der Waals surface area contributed by atoms with Crippen LogP contribution in [0.4, 0.5) is 5.69 Å².